The lowest BCUT2D eigenvalue weighted by Gasteiger charge is -2.27. The SMILES string of the molecule is C=CC1CCC(c2ccc(C(C)CCCC)c(F)c2F)CC1. The molecule has 1 aliphatic carbocycles. The van der Waals surface area contributed by atoms with Gasteiger partial charge >= 0.3 is 0 Å². The van der Waals surface area contributed by atoms with E-state index >= 15 is 0 Å². The highest BCUT2D eigenvalue weighted by Crippen LogP contribution is 2.38. The molecule has 0 aromatic heterocycles. The number of rotatable bonds is 6. The fourth-order valence-electron chi connectivity index (χ4n) is 3.61. The van der Waals surface area contributed by atoms with Crippen molar-refractivity contribution in [2.75, 3.05) is 0 Å². The molecule has 2 rings (SSSR count). The van der Waals surface area contributed by atoms with Crippen LogP contribution in [0.15, 0.2) is 24.8 Å². The Bertz CT molecular complexity index is 499. The molecule has 1 unspecified atom stereocenters. The Balaban J connectivity index is 2.15. The molecule has 0 saturated heterocycles. The van der Waals surface area contributed by atoms with Gasteiger partial charge in [-0.2, -0.15) is 0 Å². The van der Waals surface area contributed by atoms with Crippen molar-refractivity contribution in [1.29, 1.82) is 0 Å². The molecule has 1 aromatic carbocycles. The van der Waals surface area contributed by atoms with Gasteiger partial charge in [0, 0.05) is 0 Å². The van der Waals surface area contributed by atoms with Crippen molar-refractivity contribution < 1.29 is 8.78 Å². The van der Waals surface area contributed by atoms with Crippen LogP contribution in [-0.2, 0) is 0 Å². The van der Waals surface area contributed by atoms with Crippen LogP contribution in [-0.4, -0.2) is 0 Å². The van der Waals surface area contributed by atoms with Crippen LogP contribution in [0.25, 0.3) is 0 Å². The first-order valence-electron chi connectivity index (χ1n) is 8.68. The van der Waals surface area contributed by atoms with E-state index < -0.39 is 11.6 Å². The predicted octanol–water partition coefficient (Wildman–Crippen LogP) is 6.72. The number of allylic oxidation sites excluding steroid dienone is 1. The molecule has 1 aromatic rings. The maximum absolute atomic E-state index is 14.5. The van der Waals surface area contributed by atoms with Gasteiger partial charge in [0.05, 0.1) is 0 Å². The molecule has 0 N–H and O–H groups in total. The summed E-state index contributed by atoms with van der Waals surface area (Å²) < 4.78 is 29.0. The van der Waals surface area contributed by atoms with Crippen molar-refractivity contribution in [2.45, 2.75) is 70.6 Å². The Morgan fingerprint density at radius 3 is 2.45 bits per heavy atom. The fourth-order valence-corrected chi connectivity index (χ4v) is 3.61. The van der Waals surface area contributed by atoms with Crippen LogP contribution in [0.1, 0.15) is 81.8 Å². The lowest BCUT2D eigenvalue weighted by molar-refractivity contribution is 0.363. The Labute approximate surface area is 133 Å². The lowest BCUT2D eigenvalue weighted by Crippen LogP contribution is -2.14. The topological polar surface area (TPSA) is 0 Å². The van der Waals surface area contributed by atoms with Crippen LogP contribution in [0.3, 0.4) is 0 Å². The van der Waals surface area contributed by atoms with E-state index in [1.807, 2.05) is 25.1 Å². The summed E-state index contributed by atoms with van der Waals surface area (Å²) >= 11 is 0. The summed E-state index contributed by atoms with van der Waals surface area (Å²) in [6, 6.07) is 3.64. The quantitative estimate of drug-likeness (QED) is 0.512. The minimum absolute atomic E-state index is 0.0833. The molecule has 2 heteroatoms. The Morgan fingerprint density at radius 1 is 1.18 bits per heavy atom. The van der Waals surface area contributed by atoms with Crippen molar-refractivity contribution in [1.82, 2.24) is 0 Å². The predicted molar refractivity (Wildman–Crippen MR) is 89.2 cm³/mol. The second-order valence-electron chi connectivity index (χ2n) is 6.76. The highest BCUT2D eigenvalue weighted by atomic mass is 19.2. The molecule has 1 atom stereocenters. The zero-order valence-electron chi connectivity index (χ0n) is 13.9. The average Bonchev–Trinajstić information content (AvgIpc) is 2.55. The van der Waals surface area contributed by atoms with E-state index in [0.717, 1.165) is 44.9 Å². The summed E-state index contributed by atoms with van der Waals surface area (Å²) in [5.41, 5.74) is 1.11. The molecule has 0 amide bonds. The normalized spacial score (nSPS) is 23.3. The third kappa shape index (κ3) is 3.77. The second kappa shape index (κ2) is 7.89. The minimum Gasteiger partial charge on any atom is -0.203 e. The van der Waals surface area contributed by atoms with E-state index in [-0.39, 0.29) is 11.8 Å². The summed E-state index contributed by atoms with van der Waals surface area (Å²) in [5.74, 6) is -0.446. The summed E-state index contributed by atoms with van der Waals surface area (Å²) in [6.45, 7) is 7.94. The first kappa shape index (κ1) is 17.2. The van der Waals surface area contributed by atoms with Crippen LogP contribution in [0.5, 0.6) is 0 Å². The van der Waals surface area contributed by atoms with Crippen molar-refractivity contribution >= 4 is 0 Å². The smallest absolute Gasteiger partial charge is 0.162 e. The van der Waals surface area contributed by atoms with Crippen LogP contribution < -0.4 is 0 Å². The molecule has 1 aliphatic rings. The lowest BCUT2D eigenvalue weighted by atomic mass is 9.78. The van der Waals surface area contributed by atoms with Gasteiger partial charge in [0.2, 0.25) is 0 Å². The van der Waals surface area contributed by atoms with Crippen LogP contribution in [0.4, 0.5) is 8.78 Å². The number of hydrogen-bond acceptors (Lipinski definition) is 0. The van der Waals surface area contributed by atoms with Gasteiger partial charge in [0.1, 0.15) is 0 Å². The molecule has 1 fully saturated rings. The molecule has 0 heterocycles. The number of unbranched alkanes of at least 4 members (excludes halogenated alkanes) is 1. The molecule has 0 nitrogen and oxygen atoms in total. The van der Waals surface area contributed by atoms with Crippen LogP contribution in [0.2, 0.25) is 0 Å². The van der Waals surface area contributed by atoms with Crippen molar-refractivity contribution in [3.63, 3.8) is 0 Å². The van der Waals surface area contributed by atoms with Gasteiger partial charge in [0.15, 0.2) is 11.6 Å². The Morgan fingerprint density at radius 2 is 1.86 bits per heavy atom. The molecule has 0 aliphatic heterocycles. The van der Waals surface area contributed by atoms with Gasteiger partial charge in [0.25, 0.3) is 0 Å². The van der Waals surface area contributed by atoms with E-state index in [9.17, 15) is 8.78 Å². The molecule has 1 saturated carbocycles. The molecule has 0 bridgehead atoms. The zero-order chi connectivity index (χ0) is 16.1. The first-order chi connectivity index (χ1) is 10.6. The third-order valence-corrected chi connectivity index (χ3v) is 5.21. The van der Waals surface area contributed by atoms with Gasteiger partial charge < -0.3 is 0 Å². The molecule has 122 valence electrons. The Hall–Kier alpha value is -1.18. The number of benzene rings is 1. The van der Waals surface area contributed by atoms with Crippen molar-refractivity contribution in [3.8, 4) is 0 Å². The van der Waals surface area contributed by atoms with Crippen molar-refractivity contribution in [3.05, 3.63) is 47.5 Å². The van der Waals surface area contributed by atoms with Gasteiger partial charge in [-0.25, -0.2) is 8.78 Å². The van der Waals surface area contributed by atoms with E-state index in [1.165, 1.54) is 0 Å². The molecule has 22 heavy (non-hydrogen) atoms. The molecular formula is C20H28F2. The van der Waals surface area contributed by atoms with Crippen LogP contribution in [0, 0.1) is 17.6 Å². The van der Waals surface area contributed by atoms with Crippen LogP contribution >= 0.6 is 0 Å². The highest BCUT2D eigenvalue weighted by molar-refractivity contribution is 5.31. The standard InChI is InChI=1S/C20H28F2/c1-4-6-7-14(3)17-12-13-18(20(22)19(17)21)16-10-8-15(5-2)9-11-16/h5,12-16H,2,4,6-11H2,1,3H3. The van der Waals surface area contributed by atoms with Gasteiger partial charge in [-0.15, -0.1) is 6.58 Å². The van der Waals surface area contributed by atoms with E-state index in [4.69, 9.17) is 0 Å². The fraction of sp³-hybridized carbons (Fsp3) is 0.600. The monoisotopic (exact) mass is 306 g/mol. The van der Waals surface area contributed by atoms with Crippen molar-refractivity contribution in [2.24, 2.45) is 5.92 Å². The molecule has 0 radical (unpaired) electrons. The summed E-state index contributed by atoms with van der Waals surface area (Å²) in [7, 11) is 0. The van der Waals surface area contributed by atoms with E-state index in [2.05, 4.69) is 13.5 Å². The third-order valence-electron chi connectivity index (χ3n) is 5.21. The van der Waals surface area contributed by atoms with Gasteiger partial charge in [-0.05, 0) is 61.0 Å². The largest absolute Gasteiger partial charge is 0.203 e. The van der Waals surface area contributed by atoms with E-state index in [0.29, 0.717) is 17.0 Å². The van der Waals surface area contributed by atoms with Gasteiger partial charge in [-0.1, -0.05) is 44.9 Å². The summed E-state index contributed by atoms with van der Waals surface area (Å²) in [4.78, 5) is 0. The zero-order valence-corrected chi connectivity index (χ0v) is 13.9. The maximum Gasteiger partial charge on any atom is 0.162 e. The van der Waals surface area contributed by atoms with Gasteiger partial charge in [-0.3, -0.25) is 0 Å². The van der Waals surface area contributed by atoms with E-state index in [1.54, 1.807) is 0 Å². The minimum atomic E-state index is -0.619. The first-order valence-corrected chi connectivity index (χ1v) is 8.68. The molecular weight excluding hydrogens is 278 g/mol. The highest BCUT2D eigenvalue weighted by Gasteiger charge is 2.26. The second-order valence-corrected chi connectivity index (χ2v) is 6.76. The summed E-state index contributed by atoms with van der Waals surface area (Å²) in [6.07, 6.45) is 8.96. The number of halogens is 2. The summed E-state index contributed by atoms with van der Waals surface area (Å²) in [5, 5.41) is 0. The average molecular weight is 306 g/mol. The maximum atomic E-state index is 14.5. The molecule has 0 spiro atoms. The number of hydrogen-bond donors (Lipinski definition) is 0. The Kier molecular flexibility index (Phi) is 6.16.